The van der Waals surface area contributed by atoms with Crippen LogP contribution >= 0.6 is 0 Å². The number of H-pyrrole nitrogens is 2. The van der Waals surface area contributed by atoms with Crippen LogP contribution in [-0.4, -0.2) is 92.6 Å². The van der Waals surface area contributed by atoms with E-state index in [1.807, 2.05) is 108 Å². The number of benzene rings is 5. The fraction of sp³-hybridized carbons (Fsp3) is 0.292. The first-order valence-electron chi connectivity index (χ1n) is 20.4. The number of carbonyl (C=O) groups is 2. The van der Waals surface area contributed by atoms with Gasteiger partial charge in [0.2, 0.25) is 11.8 Å². The number of hydrogen-bond donors (Lipinski definition) is 2. The van der Waals surface area contributed by atoms with E-state index in [0.717, 1.165) is 106 Å². The number of hydrogen-bond acceptors (Lipinski definition) is 6. The minimum Gasteiger partial charge on any atom is -0.340 e. The quantitative estimate of drug-likeness (QED) is 0.144. The number of likely N-dealkylation sites (tertiary alicyclic amines) is 2. The Morgan fingerprint density at radius 3 is 1.31 bits per heavy atom. The molecule has 58 heavy (non-hydrogen) atoms. The van der Waals surface area contributed by atoms with Crippen LogP contribution in [0.1, 0.15) is 72.6 Å². The van der Waals surface area contributed by atoms with Gasteiger partial charge in [-0.25, -0.2) is 9.97 Å². The normalized spacial score (nSPS) is 18.2. The van der Waals surface area contributed by atoms with Gasteiger partial charge in [-0.2, -0.15) is 0 Å². The number of amides is 2. The third-order valence-electron chi connectivity index (χ3n) is 12.0. The Balaban J connectivity index is 0.916. The lowest BCUT2D eigenvalue weighted by atomic mass is 10.00. The maximum absolute atomic E-state index is 14.0. The number of carbonyl (C=O) groups excluding carboxylic acids is 2. The predicted molar refractivity (Wildman–Crippen MR) is 230 cm³/mol. The molecule has 2 saturated heterocycles. The Labute approximate surface area is 339 Å². The number of fused-ring (bicyclic) bond motifs is 2. The summed E-state index contributed by atoms with van der Waals surface area (Å²) in [5, 5.41) is 0. The number of aromatic nitrogens is 4. The molecule has 0 spiro atoms. The second-order valence-corrected chi connectivity index (χ2v) is 16.2. The van der Waals surface area contributed by atoms with Crippen molar-refractivity contribution in [2.24, 2.45) is 0 Å². The molecule has 2 aliphatic heterocycles. The fourth-order valence-electron chi connectivity index (χ4n) is 9.13. The van der Waals surface area contributed by atoms with Crippen LogP contribution in [0.4, 0.5) is 0 Å². The number of nitrogens with zero attached hydrogens (tertiary/aromatic N) is 6. The minimum atomic E-state index is -0.346. The van der Waals surface area contributed by atoms with Gasteiger partial charge in [-0.15, -0.1) is 0 Å². The van der Waals surface area contributed by atoms with E-state index >= 15 is 0 Å². The van der Waals surface area contributed by atoms with Crippen molar-refractivity contribution in [3.05, 3.63) is 144 Å². The standard InChI is InChI=1S/C48H50N8O2/c1-53(2)43(33-13-7-5-8-14-33)47(57)55-27-11-17-41(55)45-49-37-25-23-35(29-39(37)51-45)31-19-21-32(22-20-31)36-24-26-38-40(30-36)52-46(50-38)42-18-12-28-56(42)48(58)44(54(3)4)34-15-9-6-10-16-34/h5-10,13-16,19-26,29-30,41-44H,11-12,17-18,27-28H2,1-4H3,(H,49,51)(H,50,52)/t41-,42+,43-,44-/m1/s1. The highest BCUT2D eigenvalue weighted by Crippen LogP contribution is 2.38. The molecule has 294 valence electrons. The van der Waals surface area contributed by atoms with Crippen molar-refractivity contribution in [3.8, 4) is 22.3 Å². The van der Waals surface area contributed by atoms with Crippen LogP contribution in [0.25, 0.3) is 44.3 Å². The van der Waals surface area contributed by atoms with E-state index in [4.69, 9.17) is 9.97 Å². The lowest BCUT2D eigenvalue weighted by Crippen LogP contribution is -2.40. The van der Waals surface area contributed by atoms with Gasteiger partial charge in [-0.05, 0) is 112 Å². The summed E-state index contributed by atoms with van der Waals surface area (Å²) >= 11 is 0. The molecule has 2 aromatic heterocycles. The van der Waals surface area contributed by atoms with E-state index < -0.39 is 0 Å². The van der Waals surface area contributed by atoms with Crippen LogP contribution in [0.15, 0.2) is 121 Å². The van der Waals surface area contributed by atoms with Crippen LogP contribution in [0.5, 0.6) is 0 Å². The molecule has 7 aromatic rings. The number of rotatable bonds is 10. The zero-order valence-electron chi connectivity index (χ0n) is 33.6. The summed E-state index contributed by atoms with van der Waals surface area (Å²) < 4.78 is 0. The Hall–Kier alpha value is -6.10. The van der Waals surface area contributed by atoms with Crippen molar-refractivity contribution >= 4 is 33.9 Å². The van der Waals surface area contributed by atoms with Gasteiger partial charge in [-0.1, -0.05) is 97.1 Å². The van der Waals surface area contributed by atoms with Crippen LogP contribution in [0.3, 0.4) is 0 Å². The van der Waals surface area contributed by atoms with Crippen molar-refractivity contribution in [2.75, 3.05) is 41.3 Å². The predicted octanol–water partition coefficient (Wildman–Crippen LogP) is 8.71. The summed E-state index contributed by atoms with van der Waals surface area (Å²) in [4.78, 5) is 53.2. The molecule has 9 rings (SSSR count). The fourth-order valence-corrected chi connectivity index (χ4v) is 9.13. The molecule has 0 bridgehead atoms. The molecule has 5 aromatic carbocycles. The average Bonchev–Trinajstić information content (AvgIpc) is 4.07. The minimum absolute atomic E-state index is 0.0910. The second kappa shape index (κ2) is 15.7. The molecule has 0 saturated carbocycles. The molecule has 2 amide bonds. The number of aromatic amines is 2. The largest absolute Gasteiger partial charge is 0.340 e. The molecule has 10 nitrogen and oxygen atoms in total. The Bertz CT molecular complexity index is 2380. The van der Waals surface area contributed by atoms with Crippen LogP contribution < -0.4 is 0 Å². The molecular weight excluding hydrogens is 721 g/mol. The first kappa shape index (κ1) is 37.5. The van der Waals surface area contributed by atoms with Gasteiger partial charge < -0.3 is 19.8 Å². The Morgan fingerprint density at radius 1 is 0.552 bits per heavy atom. The van der Waals surface area contributed by atoms with Crippen LogP contribution in [0, 0.1) is 0 Å². The maximum Gasteiger partial charge on any atom is 0.245 e. The lowest BCUT2D eigenvalue weighted by molar-refractivity contribution is -0.138. The van der Waals surface area contributed by atoms with E-state index in [1.54, 1.807) is 0 Å². The maximum atomic E-state index is 14.0. The summed E-state index contributed by atoms with van der Waals surface area (Å²) in [5.74, 6) is 1.90. The SMILES string of the molecule is CN(C)[C@@H](C(=O)N1CCC[C@@H]1c1nc2ccc(-c3ccc(-c4ccc5nc([C@@H]6CCCN6C(=O)[C@@H](c6ccccc6)N(C)C)[nH]c5c4)cc3)cc2[nH]1)c1ccccc1. The average molecular weight is 771 g/mol. The van der Waals surface area contributed by atoms with Crippen LogP contribution in [0.2, 0.25) is 0 Å². The molecular formula is C48H50N8O2. The van der Waals surface area contributed by atoms with Crippen molar-refractivity contribution in [2.45, 2.75) is 49.9 Å². The van der Waals surface area contributed by atoms with E-state index in [0.29, 0.717) is 0 Å². The summed E-state index contributed by atoms with van der Waals surface area (Å²) in [6, 6.07) is 40.5. The zero-order chi connectivity index (χ0) is 39.9. The van der Waals surface area contributed by atoms with Crippen molar-refractivity contribution in [3.63, 3.8) is 0 Å². The van der Waals surface area contributed by atoms with E-state index in [9.17, 15) is 9.59 Å². The Kier molecular flexibility index (Phi) is 10.1. The van der Waals surface area contributed by atoms with Gasteiger partial charge in [0.15, 0.2) is 0 Å². The van der Waals surface area contributed by atoms with E-state index in [1.165, 1.54) is 0 Å². The van der Waals surface area contributed by atoms with Gasteiger partial charge in [-0.3, -0.25) is 19.4 Å². The molecule has 4 atom stereocenters. The van der Waals surface area contributed by atoms with Gasteiger partial charge >= 0.3 is 0 Å². The van der Waals surface area contributed by atoms with Crippen molar-refractivity contribution in [1.29, 1.82) is 0 Å². The zero-order valence-corrected chi connectivity index (χ0v) is 33.6. The first-order chi connectivity index (χ1) is 28.2. The third-order valence-corrected chi connectivity index (χ3v) is 12.0. The molecule has 0 radical (unpaired) electrons. The number of nitrogens with one attached hydrogen (secondary N) is 2. The molecule has 0 aliphatic carbocycles. The highest BCUT2D eigenvalue weighted by molar-refractivity contribution is 5.87. The smallest absolute Gasteiger partial charge is 0.245 e. The molecule has 2 fully saturated rings. The monoisotopic (exact) mass is 770 g/mol. The summed E-state index contributed by atoms with van der Waals surface area (Å²) in [7, 11) is 7.86. The first-order valence-corrected chi connectivity index (χ1v) is 20.4. The molecule has 4 heterocycles. The molecule has 2 aliphatic rings. The van der Waals surface area contributed by atoms with Crippen LogP contribution in [-0.2, 0) is 9.59 Å². The molecule has 2 N–H and O–H groups in total. The van der Waals surface area contributed by atoms with Crippen molar-refractivity contribution < 1.29 is 9.59 Å². The third kappa shape index (κ3) is 7.07. The summed E-state index contributed by atoms with van der Waals surface area (Å²) in [6.45, 7) is 1.44. The summed E-state index contributed by atoms with van der Waals surface area (Å²) in [5.41, 5.74) is 10.1. The molecule has 0 unspecified atom stereocenters. The van der Waals surface area contributed by atoms with Gasteiger partial charge in [0.1, 0.15) is 23.7 Å². The Morgan fingerprint density at radius 2 is 0.931 bits per heavy atom. The molecule has 10 heteroatoms. The van der Waals surface area contributed by atoms with Crippen molar-refractivity contribution in [1.82, 2.24) is 39.5 Å². The number of likely N-dealkylation sites (N-methyl/N-ethyl adjacent to an activating group) is 2. The highest BCUT2D eigenvalue weighted by atomic mass is 16.2. The second-order valence-electron chi connectivity index (χ2n) is 16.2. The summed E-state index contributed by atoms with van der Waals surface area (Å²) in [6.07, 6.45) is 3.65. The van der Waals surface area contributed by atoms with E-state index in [2.05, 4.69) is 70.6 Å². The highest BCUT2D eigenvalue weighted by Gasteiger charge is 2.38. The van der Waals surface area contributed by atoms with Gasteiger partial charge in [0, 0.05) is 13.1 Å². The van der Waals surface area contributed by atoms with Gasteiger partial charge in [0.25, 0.3) is 0 Å². The van der Waals surface area contributed by atoms with E-state index in [-0.39, 0.29) is 36.0 Å². The topological polar surface area (TPSA) is 104 Å². The lowest BCUT2D eigenvalue weighted by Gasteiger charge is -2.31. The van der Waals surface area contributed by atoms with Gasteiger partial charge in [0.05, 0.1) is 34.2 Å². The number of imidazole rings is 2.